The second kappa shape index (κ2) is 4.47. The molecular formula is C12H10F2N4O3. The maximum Gasteiger partial charge on any atom is 0.322 e. The van der Waals surface area contributed by atoms with Crippen LogP contribution in [0.1, 0.15) is 16.8 Å². The average Bonchev–Trinajstić information content (AvgIpc) is 2.97. The third kappa shape index (κ3) is 2.01. The lowest BCUT2D eigenvalue weighted by atomic mass is 9.99. The zero-order valence-corrected chi connectivity index (χ0v) is 10.7. The topological polar surface area (TPSA) is 91.4 Å². The number of nitrogens with zero attached hydrogens (tertiary/aromatic N) is 2. The molecule has 0 saturated carbocycles. The van der Waals surface area contributed by atoms with Crippen LogP contribution in [0.3, 0.4) is 0 Å². The summed E-state index contributed by atoms with van der Waals surface area (Å²) in [5.41, 5.74) is -1.64. The maximum absolute atomic E-state index is 13.6. The first-order chi connectivity index (χ1) is 9.93. The molecule has 4 amide bonds. The van der Waals surface area contributed by atoms with Gasteiger partial charge in [-0.3, -0.25) is 14.9 Å². The van der Waals surface area contributed by atoms with E-state index in [9.17, 15) is 23.2 Å². The summed E-state index contributed by atoms with van der Waals surface area (Å²) in [4.78, 5) is 39.5. The molecule has 1 atom stereocenters. The minimum Gasteiger partial charge on any atom is -0.336 e. The number of pyridine rings is 1. The van der Waals surface area contributed by atoms with Gasteiger partial charge in [0.15, 0.2) is 5.82 Å². The van der Waals surface area contributed by atoms with E-state index >= 15 is 0 Å². The second-order valence-electron chi connectivity index (χ2n) is 4.93. The number of carbonyl (C=O) groups is 3. The van der Waals surface area contributed by atoms with Gasteiger partial charge in [0.25, 0.3) is 11.8 Å². The smallest absolute Gasteiger partial charge is 0.322 e. The number of rotatable bonds is 1. The fourth-order valence-corrected chi connectivity index (χ4v) is 2.55. The lowest BCUT2D eigenvalue weighted by molar-refractivity contribution is -0.123. The van der Waals surface area contributed by atoms with Gasteiger partial charge in [-0.2, -0.15) is 4.39 Å². The summed E-state index contributed by atoms with van der Waals surface area (Å²) in [6.07, 6.45) is 1.20. The van der Waals surface area contributed by atoms with E-state index in [2.05, 4.69) is 15.6 Å². The van der Waals surface area contributed by atoms with Gasteiger partial charge in [0, 0.05) is 12.7 Å². The summed E-state index contributed by atoms with van der Waals surface area (Å²) in [7, 11) is 0. The predicted octanol–water partition coefficient (Wildman–Crippen LogP) is -0.216. The summed E-state index contributed by atoms with van der Waals surface area (Å²) in [6.45, 7) is 0.0582. The summed E-state index contributed by atoms with van der Waals surface area (Å²) in [5, 5.41) is 4.57. The molecule has 2 saturated heterocycles. The highest BCUT2D eigenvalue weighted by Gasteiger charge is 2.51. The van der Waals surface area contributed by atoms with E-state index in [4.69, 9.17) is 0 Å². The van der Waals surface area contributed by atoms with Crippen molar-refractivity contribution < 1.29 is 23.2 Å². The summed E-state index contributed by atoms with van der Waals surface area (Å²) >= 11 is 0. The van der Waals surface area contributed by atoms with Crippen LogP contribution in [-0.4, -0.2) is 46.4 Å². The summed E-state index contributed by atoms with van der Waals surface area (Å²) in [6, 6.07) is 0.439. The summed E-state index contributed by atoms with van der Waals surface area (Å²) < 4.78 is 26.6. The molecule has 1 unspecified atom stereocenters. The number of hydrogen-bond acceptors (Lipinski definition) is 4. The highest BCUT2D eigenvalue weighted by molar-refractivity contribution is 6.08. The molecule has 2 aliphatic heterocycles. The monoisotopic (exact) mass is 296 g/mol. The van der Waals surface area contributed by atoms with Gasteiger partial charge in [-0.1, -0.05) is 0 Å². The van der Waals surface area contributed by atoms with E-state index in [0.29, 0.717) is 0 Å². The van der Waals surface area contributed by atoms with Crippen LogP contribution in [0.25, 0.3) is 0 Å². The number of halogens is 2. The van der Waals surface area contributed by atoms with Crippen LogP contribution < -0.4 is 10.6 Å². The van der Waals surface area contributed by atoms with Gasteiger partial charge in [-0.15, -0.1) is 0 Å². The van der Waals surface area contributed by atoms with E-state index < -0.39 is 40.7 Å². The Labute approximate surface area is 117 Å². The minimum atomic E-state index is -1.36. The van der Waals surface area contributed by atoms with Crippen molar-refractivity contribution in [3.63, 3.8) is 0 Å². The molecule has 7 nitrogen and oxygen atoms in total. The number of hydrogen-bond donors (Lipinski definition) is 2. The molecule has 3 heterocycles. The standard InChI is InChI=1S/C12H10F2N4O3/c13-7-6(1-3-15-8(7)14)9(19)18-4-2-12(5-18)10(20)16-11(21)17-12/h1,3H,2,4-5H2,(H2,16,17,20,21). The Bertz CT molecular complexity index is 666. The first kappa shape index (κ1) is 13.4. The largest absolute Gasteiger partial charge is 0.336 e. The molecule has 3 rings (SSSR count). The lowest BCUT2D eigenvalue weighted by Gasteiger charge is -2.21. The third-order valence-electron chi connectivity index (χ3n) is 3.65. The molecule has 9 heteroatoms. The van der Waals surface area contributed by atoms with E-state index in [1.807, 2.05) is 0 Å². The van der Waals surface area contributed by atoms with Crippen molar-refractivity contribution in [1.29, 1.82) is 0 Å². The molecule has 1 aromatic heterocycles. The molecule has 1 aromatic rings. The van der Waals surface area contributed by atoms with Crippen LogP contribution >= 0.6 is 0 Å². The van der Waals surface area contributed by atoms with Gasteiger partial charge in [-0.25, -0.2) is 14.2 Å². The zero-order chi connectivity index (χ0) is 15.2. The Balaban J connectivity index is 1.83. The second-order valence-corrected chi connectivity index (χ2v) is 4.93. The quantitative estimate of drug-likeness (QED) is 0.554. The number of urea groups is 1. The number of amides is 4. The molecule has 0 radical (unpaired) electrons. The van der Waals surface area contributed by atoms with Crippen molar-refractivity contribution in [2.45, 2.75) is 12.0 Å². The van der Waals surface area contributed by atoms with Crippen molar-refractivity contribution in [2.75, 3.05) is 13.1 Å². The number of carbonyl (C=O) groups excluding carboxylic acids is 3. The Morgan fingerprint density at radius 1 is 1.38 bits per heavy atom. The first-order valence-corrected chi connectivity index (χ1v) is 6.16. The molecule has 0 aromatic carbocycles. The molecule has 2 aliphatic rings. The number of nitrogens with one attached hydrogen (secondary N) is 2. The number of imide groups is 1. The fourth-order valence-electron chi connectivity index (χ4n) is 2.55. The minimum absolute atomic E-state index is 0.0905. The lowest BCUT2D eigenvalue weighted by Crippen LogP contribution is -2.49. The fraction of sp³-hybridized carbons (Fsp3) is 0.333. The highest BCUT2D eigenvalue weighted by atomic mass is 19.2. The van der Waals surface area contributed by atoms with Crippen molar-refractivity contribution in [1.82, 2.24) is 20.5 Å². The molecule has 2 N–H and O–H groups in total. The molecular weight excluding hydrogens is 286 g/mol. The molecule has 2 fully saturated rings. The van der Waals surface area contributed by atoms with Crippen LogP contribution in [0.15, 0.2) is 12.3 Å². The Kier molecular flexibility index (Phi) is 2.85. The predicted molar refractivity (Wildman–Crippen MR) is 64.1 cm³/mol. The van der Waals surface area contributed by atoms with Crippen LogP contribution in [0, 0.1) is 11.8 Å². The van der Waals surface area contributed by atoms with Crippen LogP contribution in [-0.2, 0) is 4.79 Å². The Morgan fingerprint density at radius 2 is 2.14 bits per heavy atom. The molecule has 21 heavy (non-hydrogen) atoms. The van der Waals surface area contributed by atoms with Crippen molar-refractivity contribution in [2.24, 2.45) is 0 Å². The van der Waals surface area contributed by atoms with Gasteiger partial charge in [-0.05, 0) is 12.5 Å². The zero-order valence-electron chi connectivity index (χ0n) is 10.7. The average molecular weight is 296 g/mol. The van der Waals surface area contributed by atoms with Crippen LogP contribution in [0.2, 0.25) is 0 Å². The molecule has 0 aliphatic carbocycles. The normalized spacial score (nSPS) is 24.4. The van der Waals surface area contributed by atoms with E-state index in [1.54, 1.807) is 0 Å². The van der Waals surface area contributed by atoms with Gasteiger partial charge in [0.1, 0.15) is 5.54 Å². The SMILES string of the molecule is O=C1NC(=O)C2(CCN(C(=O)c3ccnc(F)c3F)C2)N1. The Morgan fingerprint density at radius 3 is 2.81 bits per heavy atom. The maximum atomic E-state index is 13.6. The Hall–Kier alpha value is -2.58. The van der Waals surface area contributed by atoms with Gasteiger partial charge in [0.2, 0.25) is 5.95 Å². The number of aromatic nitrogens is 1. The van der Waals surface area contributed by atoms with E-state index in [0.717, 1.165) is 12.3 Å². The van der Waals surface area contributed by atoms with Crippen molar-refractivity contribution >= 4 is 17.8 Å². The van der Waals surface area contributed by atoms with Gasteiger partial charge >= 0.3 is 6.03 Å². The summed E-state index contributed by atoms with van der Waals surface area (Å²) in [5.74, 6) is -3.96. The number of likely N-dealkylation sites (tertiary alicyclic amines) is 1. The van der Waals surface area contributed by atoms with Crippen LogP contribution in [0.5, 0.6) is 0 Å². The first-order valence-electron chi connectivity index (χ1n) is 6.16. The van der Waals surface area contributed by atoms with Crippen molar-refractivity contribution in [3.8, 4) is 0 Å². The van der Waals surface area contributed by atoms with Crippen molar-refractivity contribution in [3.05, 3.63) is 29.6 Å². The molecule has 1 spiro atoms. The van der Waals surface area contributed by atoms with E-state index in [-0.39, 0.29) is 19.5 Å². The van der Waals surface area contributed by atoms with Crippen LogP contribution in [0.4, 0.5) is 13.6 Å². The van der Waals surface area contributed by atoms with E-state index in [1.165, 1.54) is 4.90 Å². The third-order valence-corrected chi connectivity index (χ3v) is 3.65. The molecule has 0 bridgehead atoms. The van der Waals surface area contributed by atoms with Gasteiger partial charge in [0.05, 0.1) is 12.1 Å². The van der Waals surface area contributed by atoms with Gasteiger partial charge < -0.3 is 10.2 Å². The molecule has 110 valence electrons. The highest BCUT2D eigenvalue weighted by Crippen LogP contribution is 2.26.